The van der Waals surface area contributed by atoms with E-state index in [1.807, 2.05) is 30.3 Å². The number of amidine groups is 1. The molecule has 2 aromatic carbocycles. The van der Waals surface area contributed by atoms with Crippen molar-refractivity contribution in [1.29, 1.82) is 0 Å². The van der Waals surface area contributed by atoms with Gasteiger partial charge in [0.1, 0.15) is 5.84 Å². The lowest BCUT2D eigenvalue weighted by atomic mass is 10.0. The third-order valence-corrected chi connectivity index (χ3v) is 4.44. The summed E-state index contributed by atoms with van der Waals surface area (Å²) < 4.78 is 38.5. The molecule has 0 unspecified atom stereocenters. The highest BCUT2D eigenvalue weighted by Crippen LogP contribution is 2.28. The SMILES string of the molecule is FC(F)(F)C(CBr)=NNC1=Nc2ccc(Cl)cc2C(c2ccccc2)=NC1. The Morgan fingerprint density at radius 2 is 1.93 bits per heavy atom. The minimum atomic E-state index is -4.54. The van der Waals surface area contributed by atoms with E-state index in [-0.39, 0.29) is 12.4 Å². The van der Waals surface area contributed by atoms with Crippen LogP contribution in [0.5, 0.6) is 0 Å². The molecule has 0 spiro atoms. The zero-order valence-electron chi connectivity index (χ0n) is 13.8. The quantitative estimate of drug-likeness (QED) is 0.388. The second-order valence-electron chi connectivity index (χ2n) is 5.55. The molecule has 0 bridgehead atoms. The molecule has 0 saturated carbocycles. The van der Waals surface area contributed by atoms with Crippen molar-refractivity contribution in [2.75, 3.05) is 11.9 Å². The molecule has 0 atom stereocenters. The molecule has 0 fully saturated rings. The predicted molar refractivity (Wildman–Crippen MR) is 106 cm³/mol. The molecule has 2 aromatic rings. The van der Waals surface area contributed by atoms with Gasteiger partial charge in [-0.3, -0.25) is 10.4 Å². The van der Waals surface area contributed by atoms with Gasteiger partial charge in [0.25, 0.3) is 0 Å². The fourth-order valence-electron chi connectivity index (χ4n) is 2.42. The Morgan fingerprint density at radius 3 is 2.59 bits per heavy atom. The maximum absolute atomic E-state index is 12.8. The van der Waals surface area contributed by atoms with E-state index in [1.54, 1.807) is 18.2 Å². The highest BCUT2D eigenvalue weighted by atomic mass is 79.9. The van der Waals surface area contributed by atoms with Crippen LogP contribution in [0, 0.1) is 0 Å². The molecule has 0 amide bonds. The van der Waals surface area contributed by atoms with Gasteiger partial charge >= 0.3 is 6.18 Å². The Labute approximate surface area is 167 Å². The van der Waals surface area contributed by atoms with Gasteiger partial charge in [0.05, 0.1) is 23.3 Å². The second-order valence-corrected chi connectivity index (χ2v) is 6.55. The Bertz CT molecular complexity index is 924. The smallest absolute Gasteiger partial charge is 0.276 e. The fourth-order valence-corrected chi connectivity index (χ4v) is 3.03. The van der Waals surface area contributed by atoms with Crippen LogP contribution in [0.2, 0.25) is 5.02 Å². The van der Waals surface area contributed by atoms with E-state index in [4.69, 9.17) is 11.6 Å². The van der Waals surface area contributed by atoms with Crippen LogP contribution in [0.3, 0.4) is 0 Å². The highest BCUT2D eigenvalue weighted by Gasteiger charge is 2.35. The molecule has 9 heteroatoms. The van der Waals surface area contributed by atoms with Crippen molar-refractivity contribution in [3.8, 4) is 0 Å². The van der Waals surface area contributed by atoms with Gasteiger partial charge in [-0.15, -0.1) is 0 Å². The topological polar surface area (TPSA) is 49.1 Å². The standard InChI is InChI=1S/C18H13BrClF3N4/c19-9-15(18(21,22)23)26-27-16-10-24-17(11-4-2-1-3-5-11)13-8-12(20)6-7-14(13)25-16/h1-8H,9-10H2,(H,25,27). The zero-order valence-corrected chi connectivity index (χ0v) is 16.1. The van der Waals surface area contributed by atoms with Gasteiger partial charge in [-0.1, -0.05) is 57.9 Å². The second kappa shape index (κ2) is 8.22. The van der Waals surface area contributed by atoms with Gasteiger partial charge in [-0.25, -0.2) is 4.99 Å². The summed E-state index contributed by atoms with van der Waals surface area (Å²) in [5.41, 5.74) is 4.17. The van der Waals surface area contributed by atoms with E-state index in [2.05, 4.69) is 36.4 Å². The summed E-state index contributed by atoms with van der Waals surface area (Å²) >= 11 is 8.91. The van der Waals surface area contributed by atoms with Crippen LogP contribution in [0.4, 0.5) is 18.9 Å². The first kappa shape index (κ1) is 19.6. The number of alkyl halides is 4. The van der Waals surface area contributed by atoms with Crippen LogP contribution >= 0.6 is 27.5 Å². The maximum atomic E-state index is 12.8. The predicted octanol–water partition coefficient (Wildman–Crippen LogP) is 5.12. The summed E-state index contributed by atoms with van der Waals surface area (Å²) in [4.78, 5) is 8.91. The van der Waals surface area contributed by atoms with Crippen LogP contribution < -0.4 is 5.43 Å². The lowest BCUT2D eigenvalue weighted by Crippen LogP contribution is -2.30. The molecular formula is C18H13BrClF3N4. The molecule has 1 heterocycles. The number of nitrogens with one attached hydrogen (secondary N) is 1. The molecule has 1 aliphatic rings. The summed E-state index contributed by atoms with van der Waals surface area (Å²) in [5, 5.41) is 3.52. The minimum absolute atomic E-state index is 0.0491. The molecule has 0 saturated heterocycles. The monoisotopic (exact) mass is 456 g/mol. The van der Waals surface area contributed by atoms with Crippen molar-refractivity contribution in [2.24, 2.45) is 15.1 Å². The van der Waals surface area contributed by atoms with Gasteiger partial charge in [-0.05, 0) is 18.2 Å². The number of nitrogens with zero attached hydrogens (tertiary/aromatic N) is 3. The molecule has 4 nitrogen and oxygen atoms in total. The van der Waals surface area contributed by atoms with Gasteiger partial charge in [0.2, 0.25) is 0 Å². The van der Waals surface area contributed by atoms with E-state index in [0.717, 1.165) is 5.56 Å². The normalized spacial score (nSPS) is 14.8. The average molecular weight is 458 g/mol. The van der Waals surface area contributed by atoms with Crippen molar-refractivity contribution in [1.82, 2.24) is 5.43 Å². The minimum Gasteiger partial charge on any atom is -0.276 e. The number of halogens is 5. The summed E-state index contributed by atoms with van der Waals surface area (Å²) in [6.07, 6.45) is -4.54. The third kappa shape index (κ3) is 4.75. The van der Waals surface area contributed by atoms with Gasteiger partial charge in [-0.2, -0.15) is 18.3 Å². The van der Waals surface area contributed by atoms with E-state index in [1.165, 1.54) is 0 Å². The molecule has 27 heavy (non-hydrogen) atoms. The van der Waals surface area contributed by atoms with Crippen molar-refractivity contribution in [2.45, 2.75) is 6.18 Å². The van der Waals surface area contributed by atoms with Crippen molar-refractivity contribution in [3.05, 3.63) is 64.7 Å². The van der Waals surface area contributed by atoms with E-state index in [0.29, 0.717) is 22.0 Å². The van der Waals surface area contributed by atoms with Crippen LogP contribution in [0.1, 0.15) is 11.1 Å². The molecular weight excluding hydrogens is 445 g/mol. The summed E-state index contributed by atoms with van der Waals surface area (Å²) in [5.74, 6) is 0.201. The first-order valence-electron chi connectivity index (χ1n) is 7.81. The van der Waals surface area contributed by atoms with E-state index in [9.17, 15) is 13.2 Å². The number of hydrogen-bond acceptors (Lipinski definition) is 4. The molecule has 3 rings (SSSR count). The van der Waals surface area contributed by atoms with E-state index >= 15 is 0 Å². The van der Waals surface area contributed by atoms with Gasteiger partial charge in [0, 0.05) is 16.1 Å². The molecule has 0 radical (unpaired) electrons. The summed E-state index contributed by atoms with van der Waals surface area (Å²) in [6, 6.07) is 14.5. The van der Waals surface area contributed by atoms with Crippen LogP contribution in [0.25, 0.3) is 0 Å². The Morgan fingerprint density at radius 1 is 1.19 bits per heavy atom. The van der Waals surface area contributed by atoms with E-state index < -0.39 is 17.2 Å². The Balaban J connectivity index is 2.00. The Kier molecular flexibility index (Phi) is 5.96. The van der Waals surface area contributed by atoms with Gasteiger partial charge in [0.15, 0.2) is 5.71 Å². The molecule has 0 aliphatic carbocycles. The first-order valence-corrected chi connectivity index (χ1v) is 9.31. The molecule has 1 N–H and O–H groups in total. The maximum Gasteiger partial charge on any atom is 0.432 e. The molecule has 140 valence electrons. The number of rotatable bonds is 3. The van der Waals surface area contributed by atoms with Crippen molar-refractivity contribution in [3.63, 3.8) is 0 Å². The highest BCUT2D eigenvalue weighted by molar-refractivity contribution is 9.09. The largest absolute Gasteiger partial charge is 0.432 e. The van der Waals surface area contributed by atoms with Gasteiger partial charge < -0.3 is 0 Å². The van der Waals surface area contributed by atoms with Crippen LogP contribution in [-0.4, -0.2) is 35.3 Å². The average Bonchev–Trinajstić information content (AvgIpc) is 2.81. The third-order valence-electron chi connectivity index (χ3n) is 3.68. The fraction of sp³-hybridized carbons (Fsp3) is 0.167. The van der Waals surface area contributed by atoms with Crippen LogP contribution in [0.15, 0.2) is 63.6 Å². The number of benzene rings is 2. The van der Waals surface area contributed by atoms with Crippen molar-refractivity contribution < 1.29 is 13.2 Å². The zero-order chi connectivity index (χ0) is 19.4. The van der Waals surface area contributed by atoms with Crippen molar-refractivity contribution >= 4 is 50.5 Å². The Hall–Kier alpha value is -2.19. The summed E-state index contributed by atoms with van der Waals surface area (Å²) in [7, 11) is 0. The number of fused-ring (bicyclic) bond motifs is 1. The lowest BCUT2D eigenvalue weighted by molar-refractivity contribution is -0.0592. The molecule has 1 aliphatic heterocycles. The molecule has 0 aromatic heterocycles. The first-order chi connectivity index (χ1) is 12.9. The summed E-state index contributed by atoms with van der Waals surface area (Å²) in [6.45, 7) is 0.0491. The lowest BCUT2D eigenvalue weighted by Gasteiger charge is -2.09. The number of hydrazone groups is 1. The number of aliphatic imine (C=N–C) groups is 2. The van der Waals surface area contributed by atoms with Crippen LogP contribution in [-0.2, 0) is 0 Å². The number of hydrogen-bond donors (Lipinski definition) is 1.